The molecule has 0 aliphatic heterocycles. The van der Waals surface area contributed by atoms with Crippen LogP contribution in [0.4, 0.5) is 5.69 Å². The second kappa shape index (κ2) is 8.10. The lowest BCUT2D eigenvalue weighted by Gasteiger charge is -2.06. The third-order valence-corrected chi connectivity index (χ3v) is 3.73. The number of nitrogens with one attached hydrogen (secondary N) is 2. The summed E-state index contributed by atoms with van der Waals surface area (Å²) in [5.41, 5.74) is 3.15. The van der Waals surface area contributed by atoms with Gasteiger partial charge in [-0.15, -0.1) is 0 Å². The highest BCUT2D eigenvalue weighted by atomic mass is 79.9. The molecule has 0 radical (unpaired) electrons. The van der Waals surface area contributed by atoms with E-state index < -0.39 is 11.8 Å². The highest BCUT2D eigenvalue weighted by molar-refractivity contribution is 9.10. The van der Waals surface area contributed by atoms with Gasteiger partial charge in [0.2, 0.25) is 0 Å². The van der Waals surface area contributed by atoms with Crippen LogP contribution in [-0.4, -0.2) is 18.0 Å². The first kappa shape index (κ1) is 17.5. The smallest absolute Gasteiger partial charge is 0.316 e. The number of rotatable bonds is 3. The van der Waals surface area contributed by atoms with Crippen molar-refractivity contribution in [1.29, 1.82) is 0 Å². The Morgan fingerprint density at radius 2 is 1.74 bits per heavy atom. The Bertz CT molecular complexity index is 764. The van der Waals surface area contributed by atoms with Crippen LogP contribution >= 0.6 is 39.1 Å². The van der Waals surface area contributed by atoms with Crippen LogP contribution in [0.2, 0.25) is 10.0 Å². The first-order chi connectivity index (χ1) is 11.0. The third kappa shape index (κ3) is 5.35. The van der Waals surface area contributed by atoms with Crippen molar-refractivity contribution in [3.05, 3.63) is 62.5 Å². The molecule has 0 fully saturated rings. The van der Waals surface area contributed by atoms with Gasteiger partial charge in [-0.05, 0) is 35.9 Å². The zero-order chi connectivity index (χ0) is 16.8. The number of hydrazone groups is 1. The molecule has 0 atom stereocenters. The summed E-state index contributed by atoms with van der Waals surface area (Å²) in [7, 11) is 0. The van der Waals surface area contributed by atoms with E-state index >= 15 is 0 Å². The number of anilines is 1. The van der Waals surface area contributed by atoms with E-state index in [0.717, 1.165) is 10.0 Å². The zero-order valence-electron chi connectivity index (χ0n) is 11.5. The molecule has 0 bridgehead atoms. The molecule has 5 nitrogen and oxygen atoms in total. The molecular weight excluding hydrogens is 405 g/mol. The fourth-order valence-electron chi connectivity index (χ4n) is 1.54. The van der Waals surface area contributed by atoms with E-state index in [2.05, 4.69) is 31.8 Å². The molecule has 2 N–H and O–H groups in total. The lowest BCUT2D eigenvalue weighted by Crippen LogP contribution is -2.32. The summed E-state index contributed by atoms with van der Waals surface area (Å²) in [6, 6.07) is 11.8. The predicted molar refractivity (Wildman–Crippen MR) is 95.0 cm³/mol. The molecule has 0 unspecified atom stereocenters. The third-order valence-electron chi connectivity index (χ3n) is 2.63. The lowest BCUT2D eigenvalue weighted by atomic mass is 10.2. The van der Waals surface area contributed by atoms with Gasteiger partial charge in [-0.25, -0.2) is 5.43 Å². The van der Waals surface area contributed by atoms with E-state index in [9.17, 15) is 9.59 Å². The zero-order valence-corrected chi connectivity index (χ0v) is 14.6. The van der Waals surface area contributed by atoms with Gasteiger partial charge >= 0.3 is 11.8 Å². The maximum atomic E-state index is 11.8. The fraction of sp³-hybridized carbons (Fsp3) is 0. The minimum atomic E-state index is -0.922. The van der Waals surface area contributed by atoms with Crippen LogP contribution in [0.15, 0.2) is 52.0 Å². The fourth-order valence-corrected chi connectivity index (χ4v) is 2.14. The molecule has 0 aromatic heterocycles. The molecule has 0 saturated heterocycles. The summed E-state index contributed by atoms with van der Waals surface area (Å²) < 4.78 is 0.927. The highest BCUT2D eigenvalue weighted by Gasteiger charge is 2.14. The van der Waals surface area contributed by atoms with Crippen molar-refractivity contribution in [1.82, 2.24) is 5.43 Å². The first-order valence-corrected chi connectivity index (χ1v) is 7.85. The molecular formula is C15H10BrCl2N3O2. The van der Waals surface area contributed by atoms with E-state index in [0.29, 0.717) is 5.02 Å². The SMILES string of the molecule is O=C(NN=Cc1ccc(Br)cc1)C(=O)Nc1cc(Cl)ccc1Cl. The summed E-state index contributed by atoms with van der Waals surface area (Å²) >= 11 is 15.0. The molecule has 2 amide bonds. The van der Waals surface area contributed by atoms with Crippen molar-refractivity contribution in [2.45, 2.75) is 0 Å². The summed E-state index contributed by atoms with van der Waals surface area (Å²) in [5, 5.41) is 6.73. The Kier molecular flexibility index (Phi) is 6.15. The van der Waals surface area contributed by atoms with E-state index in [4.69, 9.17) is 23.2 Å². The molecule has 0 heterocycles. The number of amides is 2. The maximum Gasteiger partial charge on any atom is 0.329 e. The number of carbonyl (C=O) groups excluding carboxylic acids is 2. The van der Waals surface area contributed by atoms with Crippen molar-refractivity contribution < 1.29 is 9.59 Å². The van der Waals surface area contributed by atoms with Crippen LogP contribution in [0.3, 0.4) is 0 Å². The second-order valence-corrected chi connectivity index (χ2v) is 6.09. The van der Waals surface area contributed by atoms with Gasteiger partial charge in [0.25, 0.3) is 0 Å². The standard InChI is InChI=1S/C15H10BrCl2N3O2/c16-10-3-1-9(2-4-10)8-19-21-15(23)14(22)20-13-7-11(17)5-6-12(13)18/h1-8H,(H,20,22)(H,21,23). The van der Waals surface area contributed by atoms with Crippen LogP contribution in [0, 0.1) is 0 Å². The molecule has 118 valence electrons. The average molecular weight is 415 g/mol. The summed E-state index contributed by atoms with van der Waals surface area (Å²) in [6.45, 7) is 0. The van der Waals surface area contributed by atoms with Gasteiger partial charge in [-0.2, -0.15) is 5.10 Å². The number of carbonyl (C=O) groups is 2. The number of halogens is 3. The number of hydrogen-bond acceptors (Lipinski definition) is 3. The highest BCUT2D eigenvalue weighted by Crippen LogP contribution is 2.25. The quantitative estimate of drug-likeness (QED) is 0.455. The van der Waals surface area contributed by atoms with Gasteiger partial charge < -0.3 is 5.32 Å². The number of benzene rings is 2. The van der Waals surface area contributed by atoms with Crippen LogP contribution in [0.1, 0.15) is 5.56 Å². The minimum Gasteiger partial charge on any atom is -0.316 e. The monoisotopic (exact) mass is 413 g/mol. The molecule has 8 heteroatoms. The van der Waals surface area contributed by atoms with Gasteiger partial charge in [0.1, 0.15) is 0 Å². The number of hydrogen-bond donors (Lipinski definition) is 2. The Labute approximate surface area is 150 Å². The molecule has 2 aromatic rings. The summed E-state index contributed by atoms with van der Waals surface area (Å²) in [4.78, 5) is 23.4. The van der Waals surface area contributed by atoms with Gasteiger partial charge in [0.15, 0.2) is 0 Å². The van der Waals surface area contributed by atoms with Crippen molar-refractivity contribution >= 4 is 62.8 Å². The lowest BCUT2D eigenvalue weighted by molar-refractivity contribution is -0.136. The van der Waals surface area contributed by atoms with E-state index in [1.165, 1.54) is 18.3 Å². The first-order valence-electron chi connectivity index (χ1n) is 6.31. The second-order valence-electron chi connectivity index (χ2n) is 4.33. The average Bonchev–Trinajstić information content (AvgIpc) is 2.52. The van der Waals surface area contributed by atoms with Crippen LogP contribution in [0.5, 0.6) is 0 Å². The summed E-state index contributed by atoms with van der Waals surface area (Å²) in [6.07, 6.45) is 1.42. The maximum absolute atomic E-state index is 11.8. The van der Waals surface area contributed by atoms with Crippen LogP contribution < -0.4 is 10.7 Å². The largest absolute Gasteiger partial charge is 0.329 e. The van der Waals surface area contributed by atoms with E-state index in [1.807, 2.05) is 12.1 Å². The number of nitrogens with zero attached hydrogens (tertiary/aromatic N) is 1. The van der Waals surface area contributed by atoms with Crippen molar-refractivity contribution in [3.8, 4) is 0 Å². The molecule has 0 aliphatic carbocycles. The Hall–Kier alpha value is -1.89. The van der Waals surface area contributed by atoms with Gasteiger partial charge in [0, 0.05) is 9.50 Å². The minimum absolute atomic E-state index is 0.246. The molecule has 0 spiro atoms. The van der Waals surface area contributed by atoms with Crippen LogP contribution in [-0.2, 0) is 9.59 Å². The Morgan fingerprint density at radius 1 is 1.04 bits per heavy atom. The van der Waals surface area contributed by atoms with E-state index in [1.54, 1.807) is 18.2 Å². The molecule has 23 heavy (non-hydrogen) atoms. The predicted octanol–water partition coefficient (Wildman–Crippen LogP) is 3.84. The van der Waals surface area contributed by atoms with E-state index in [-0.39, 0.29) is 10.7 Å². The summed E-state index contributed by atoms with van der Waals surface area (Å²) in [5.74, 6) is -1.82. The van der Waals surface area contributed by atoms with Crippen molar-refractivity contribution in [3.63, 3.8) is 0 Å². The van der Waals surface area contributed by atoms with Gasteiger partial charge in [-0.1, -0.05) is 51.3 Å². The van der Waals surface area contributed by atoms with Crippen molar-refractivity contribution in [2.75, 3.05) is 5.32 Å². The van der Waals surface area contributed by atoms with Crippen molar-refractivity contribution in [2.24, 2.45) is 5.10 Å². The van der Waals surface area contributed by atoms with Gasteiger partial charge in [0.05, 0.1) is 16.9 Å². The Balaban J connectivity index is 1.93. The molecule has 2 rings (SSSR count). The normalized spacial score (nSPS) is 10.6. The molecule has 2 aromatic carbocycles. The topological polar surface area (TPSA) is 70.6 Å². The molecule has 0 saturated carbocycles. The molecule has 0 aliphatic rings. The van der Waals surface area contributed by atoms with Gasteiger partial charge in [-0.3, -0.25) is 9.59 Å². The Morgan fingerprint density at radius 3 is 2.43 bits per heavy atom. The van der Waals surface area contributed by atoms with Crippen LogP contribution in [0.25, 0.3) is 0 Å².